The Kier molecular flexibility index (Phi) is 19.5. The molecule has 0 heterocycles. The third-order valence-corrected chi connectivity index (χ3v) is 8.16. The van der Waals surface area contributed by atoms with E-state index in [0.29, 0.717) is 19.4 Å². The Morgan fingerprint density at radius 2 is 1.06 bits per heavy atom. The zero-order valence-corrected chi connectivity index (χ0v) is 23.5. The van der Waals surface area contributed by atoms with Gasteiger partial charge in [-0.15, -0.1) is 0 Å². The average Bonchev–Trinajstić information content (AvgIpc) is 2.84. The van der Waals surface area contributed by atoms with Gasteiger partial charge < -0.3 is 9.84 Å². The van der Waals surface area contributed by atoms with Crippen molar-refractivity contribution in [3.8, 4) is 0 Å². The van der Waals surface area contributed by atoms with E-state index in [1.807, 2.05) is 13.8 Å². The Balaban J connectivity index is 4.52. The van der Waals surface area contributed by atoms with Crippen molar-refractivity contribution in [2.45, 2.75) is 163 Å². The summed E-state index contributed by atoms with van der Waals surface area (Å²) in [5.74, 6) is -1.24. The molecule has 0 saturated carbocycles. The lowest BCUT2D eigenvalue weighted by atomic mass is 9.76. The van der Waals surface area contributed by atoms with E-state index >= 15 is 0 Å². The number of hydrogen-bond donors (Lipinski definition) is 1. The van der Waals surface area contributed by atoms with Gasteiger partial charge in [0, 0.05) is 5.41 Å². The van der Waals surface area contributed by atoms with E-state index in [4.69, 9.17) is 4.74 Å². The molecule has 0 rings (SSSR count). The molecule has 0 aromatic heterocycles. The number of ether oxygens (including phenoxy) is 1. The van der Waals surface area contributed by atoms with Gasteiger partial charge >= 0.3 is 11.9 Å². The highest BCUT2D eigenvalue weighted by Crippen LogP contribution is 2.38. The number of carbonyl (C=O) groups excluding carboxylic acids is 1. The highest BCUT2D eigenvalue weighted by atomic mass is 16.5. The van der Waals surface area contributed by atoms with Crippen molar-refractivity contribution in [2.24, 2.45) is 10.8 Å². The van der Waals surface area contributed by atoms with Gasteiger partial charge in [0.15, 0.2) is 0 Å². The third-order valence-electron chi connectivity index (χ3n) is 8.16. The van der Waals surface area contributed by atoms with Gasteiger partial charge in [-0.05, 0) is 32.1 Å². The third kappa shape index (κ3) is 13.7. The predicted molar refractivity (Wildman–Crippen MR) is 144 cm³/mol. The number of aliphatic carboxylic acids is 1. The summed E-state index contributed by atoms with van der Waals surface area (Å²) in [7, 11) is 0. The Morgan fingerprint density at radius 3 is 1.47 bits per heavy atom. The van der Waals surface area contributed by atoms with E-state index < -0.39 is 11.4 Å². The summed E-state index contributed by atoms with van der Waals surface area (Å²) in [4.78, 5) is 24.4. The fraction of sp³-hybridized carbons (Fsp3) is 0.933. The topological polar surface area (TPSA) is 63.6 Å². The molecule has 4 nitrogen and oxygen atoms in total. The van der Waals surface area contributed by atoms with Gasteiger partial charge in [0.25, 0.3) is 0 Å². The molecule has 0 aliphatic rings. The van der Waals surface area contributed by atoms with Crippen LogP contribution in [0.3, 0.4) is 0 Å². The molecule has 34 heavy (non-hydrogen) atoms. The summed E-state index contributed by atoms with van der Waals surface area (Å²) in [6.07, 6.45) is 22.5. The second-order valence-electron chi connectivity index (χ2n) is 10.7. The molecule has 0 saturated heterocycles. The highest BCUT2D eigenvalue weighted by molar-refractivity contribution is 5.82. The lowest BCUT2D eigenvalue weighted by Gasteiger charge is -2.35. The van der Waals surface area contributed by atoms with Crippen LogP contribution in [0.25, 0.3) is 0 Å². The van der Waals surface area contributed by atoms with E-state index in [1.165, 1.54) is 77.0 Å². The predicted octanol–water partition coefficient (Wildman–Crippen LogP) is 9.49. The van der Waals surface area contributed by atoms with Crippen molar-refractivity contribution >= 4 is 11.9 Å². The van der Waals surface area contributed by atoms with Crippen molar-refractivity contribution in [1.82, 2.24) is 0 Å². The molecule has 0 aliphatic heterocycles. The fourth-order valence-corrected chi connectivity index (χ4v) is 5.14. The van der Waals surface area contributed by atoms with Gasteiger partial charge in [0.2, 0.25) is 0 Å². The van der Waals surface area contributed by atoms with E-state index in [2.05, 4.69) is 20.8 Å². The lowest BCUT2D eigenvalue weighted by Crippen LogP contribution is -2.37. The van der Waals surface area contributed by atoms with Crippen LogP contribution < -0.4 is 0 Å². The van der Waals surface area contributed by atoms with E-state index in [0.717, 1.165) is 32.1 Å². The molecular formula is C30H58O4. The van der Waals surface area contributed by atoms with E-state index in [-0.39, 0.29) is 17.8 Å². The first kappa shape index (κ1) is 32.9. The van der Waals surface area contributed by atoms with Crippen molar-refractivity contribution in [3.05, 3.63) is 0 Å². The molecule has 1 atom stereocenters. The largest absolute Gasteiger partial charge is 0.481 e. The number of hydrogen-bond acceptors (Lipinski definition) is 3. The summed E-state index contributed by atoms with van der Waals surface area (Å²) in [5, 5.41) is 9.32. The average molecular weight is 483 g/mol. The van der Waals surface area contributed by atoms with Crippen LogP contribution in [-0.2, 0) is 14.3 Å². The number of rotatable bonds is 24. The normalized spacial score (nSPS) is 13.6. The summed E-state index contributed by atoms with van der Waals surface area (Å²) in [6, 6.07) is 0. The highest BCUT2D eigenvalue weighted by Gasteiger charge is 2.40. The zero-order chi connectivity index (χ0) is 25.7. The maximum atomic E-state index is 13.0. The van der Waals surface area contributed by atoms with Crippen molar-refractivity contribution in [1.29, 1.82) is 0 Å². The van der Waals surface area contributed by atoms with Gasteiger partial charge in [-0.3, -0.25) is 9.59 Å². The molecule has 0 aliphatic carbocycles. The van der Waals surface area contributed by atoms with Gasteiger partial charge in [-0.25, -0.2) is 0 Å². The summed E-state index contributed by atoms with van der Waals surface area (Å²) >= 11 is 0. The number of carboxylic acid groups (broad SMARTS) is 1. The molecule has 0 spiro atoms. The standard InChI is InChI=1S/C30H58O4/c1-6-11-13-14-15-16-17-18-19-20-21-22-24-29(8-3,23-12-7-2)26-34-28(33)30(9-4,10-5)25-27(31)32/h6-26H2,1-5H3,(H,31,32). The first-order valence-electron chi connectivity index (χ1n) is 14.7. The SMILES string of the molecule is CCCCCCCCCCCCCCC(CC)(CCCC)COC(=O)C(CC)(CC)CC(=O)O. The maximum Gasteiger partial charge on any atom is 0.312 e. The van der Waals surface area contributed by atoms with E-state index in [1.54, 1.807) is 0 Å². The molecule has 0 radical (unpaired) electrons. The second-order valence-corrected chi connectivity index (χ2v) is 10.7. The summed E-state index contributed by atoms with van der Waals surface area (Å²) in [6.45, 7) is 10.9. The molecule has 0 amide bonds. The molecular weight excluding hydrogens is 424 g/mol. The van der Waals surface area contributed by atoms with Crippen LogP contribution in [-0.4, -0.2) is 23.7 Å². The van der Waals surface area contributed by atoms with Gasteiger partial charge in [0.05, 0.1) is 18.4 Å². The van der Waals surface area contributed by atoms with Crippen LogP contribution >= 0.6 is 0 Å². The van der Waals surface area contributed by atoms with Crippen molar-refractivity contribution in [2.75, 3.05) is 6.61 Å². The zero-order valence-electron chi connectivity index (χ0n) is 23.5. The maximum absolute atomic E-state index is 13.0. The minimum atomic E-state index is -0.926. The summed E-state index contributed by atoms with van der Waals surface area (Å²) in [5.41, 5.74) is -0.868. The van der Waals surface area contributed by atoms with Crippen LogP contribution in [0.4, 0.5) is 0 Å². The van der Waals surface area contributed by atoms with E-state index in [9.17, 15) is 14.7 Å². The van der Waals surface area contributed by atoms with Gasteiger partial charge in [0.1, 0.15) is 0 Å². The first-order chi connectivity index (χ1) is 16.3. The van der Waals surface area contributed by atoms with Crippen molar-refractivity contribution < 1.29 is 19.4 Å². The summed E-state index contributed by atoms with van der Waals surface area (Å²) < 4.78 is 5.90. The number of carbonyl (C=O) groups is 2. The molecule has 4 heteroatoms. The Labute approximate surface area is 212 Å². The Morgan fingerprint density at radius 1 is 0.618 bits per heavy atom. The minimum Gasteiger partial charge on any atom is -0.481 e. The minimum absolute atomic E-state index is 0.0284. The molecule has 0 fully saturated rings. The molecule has 202 valence electrons. The number of carboxylic acids is 1. The van der Waals surface area contributed by atoms with Gasteiger partial charge in [-0.2, -0.15) is 0 Å². The smallest absolute Gasteiger partial charge is 0.312 e. The van der Waals surface area contributed by atoms with Gasteiger partial charge in [-0.1, -0.05) is 125 Å². The number of esters is 1. The quantitative estimate of drug-likeness (QED) is 0.110. The molecule has 0 aromatic carbocycles. The molecule has 1 N–H and O–H groups in total. The van der Waals surface area contributed by atoms with Crippen molar-refractivity contribution in [3.63, 3.8) is 0 Å². The first-order valence-corrected chi connectivity index (χ1v) is 14.7. The second kappa shape index (κ2) is 20.2. The monoisotopic (exact) mass is 482 g/mol. The lowest BCUT2D eigenvalue weighted by molar-refractivity contribution is -0.165. The molecule has 1 unspecified atom stereocenters. The van der Waals surface area contributed by atoms with Crippen LogP contribution in [0.5, 0.6) is 0 Å². The van der Waals surface area contributed by atoms with Crippen LogP contribution in [0.1, 0.15) is 163 Å². The van der Waals surface area contributed by atoms with Crippen LogP contribution in [0.2, 0.25) is 0 Å². The van der Waals surface area contributed by atoms with Crippen LogP contribution in [0, 0.1) is 10.8 Å². The number of unbranched alkanes of at least 4 members (excludes halogenated alkanes) is 12. The fourth-order valence-electron chi connectivity index (χ4n) is 5.14. The van der Waals surface area contributed by atoms with Crippen LogP contribution in [0.15, 0.2) is 0 Å². The Bertz CT molecular complexity index is 512. The molecule has 0 bridgehead atoms. The molecule has 0 aromatic rings. The Hall–Kier alpha value is -1.06.